The molecule has 1 radical (unpaired) electrons. The van der Waals surface area contributed by atoms with Crippen LogP contribution in [0.15, 0.2) is 24.3 Å². The Labute approximate surface area is 59.1 Å². The number of fused-ring (bicyclic) bond motifs is 1. The molecule has 0 saturated heterocycles. The minimum absolute atomic E-state index is 0.386. The Morgan fingerprint density at radius 2 is 2.22 bits per heavy atom. The molecule has 0 aliphatic heterocycles. The molecule has 43 valence electrons. The van der Waals surface area contributed by atoms with Crippen LogP contribution in [-0.2, 0) is 0 Å². The van der Waals surface area contributed by atoms with Gasteiger partial charge in [0.25, 0.3) is 0 Å². The van der Waals surface area contributed by atoms with Gasteiger partial charge in [-0.1, -0.05) is 0 Å². The monoisotopic (exact) mass is 182 g/mol. The predicted octanol–water partition coefficient (Wildman–Crippen LogP) is 1.09. The molecule has 0 aliphatic rings. The summed E-state index contributed by atoms with van der Waals surface area (Å²) in [5, 5.41) is 2.98. The van der Waals surface area contributed by atoms with Crippen LogP contribution in [0.2, 0.25) is 0 Å². The van der Waals surface area contributed by atoms with Crippen LogP contribution in [0.5, 0.6) is 0 Å². The van der Waals surface area contributed by atoms with Crippen molar-refractivity contribution in [1.29, 1.82) is 0 Å². The predicted molar refractivity (Wildman–Crippen MR) is 37.5 cm³/mol. The van der Waals surface area contributed by atoms with Crippen molar-refractivity contribution in [1.82, 2.24) is 4.98 Å². The fraction of sp³-hybridized carbons (Fsp3) is 0. The number of hydrogen-bond donors (Lipinski definition) is 0. The summed E-state index contributed by atoms with van der Waals surface area (Å²) in [6, 6.07) is 8.18. The van der Waals surface area contributed by atoms with Crippen LogP contribution in [0.25, 0.3) is 9.78 Å². The van der Waals surface area contributed by atoms with E-state index in [0.29, 0.717) is 14.5 Å². The average Bonchev–Trinajstić information content (AvgIpc) is 2.33. The van der Waals surface area contributed by atoms with E-state index in [0.717, 1.165) is 5.52 Å². The maximum atomic E-state index is 4.08. The second-order valence-electron chi connectivity index (χ2n) is 1.77. The van der Waals surface area contributed by atoms with Gasteiger partial charge in [0.1, 0.15) is 0 Å². The molecule has 0 amide bonds. The van der Waals surface area contributed by atoms with Crippen molar-refractivity contribution in [2.45, 2.75) is 0 Å². The second kappa shape index (κ2) is 1.98. The molecule has 2 heteroatoms. The molecule has 0 aliphatic carbocycles. The molecule has 2 aromatic rings. The van der Waals surface area contributed by atoms with E-state index < -0.39 is 0 Å². The minimum atomic E-state index is 0.386. The summed E-state index contributed by atoms with van der Waals surface area (Å²) in [6.07, 6.45) is 0. The van der Waals surface area contributed by atoms with Gasteiger partial charge in [0.15, 0.2) is 0 Å². The first-order valence-electron chi connectivity index (χ1n) is 2.68. The van der Waals surface area contributed by atoms with E-state index >= 15 is 0 Å². The molecule has 0 N–H and O–H groups in total. The van der Waals surface area contributed by atoms with Crippen molar-refractivity contribution in [3.8, 4) is 0 Å². The Balaban J connectivity index is 2.95. The van der Waals surface area contributed by atoms with E-state index in [9.17, 15) is 0 Å². The zero-order chi connectivity index (χ0) is 6.10. The van der Waals surface area contributed by atoms with Gasteiger partial charge >= 0.3 is 58.6 Å². The molecule has 0 atom stereocenters. The third-order valence-electron chi connectivity index (χ3n) is 1.19. The summed E-state index contributed by atoms with van der Waals surface area (Å²) < 4.78 is 1.35. The molecule has 2 rings (SSSR count). The van der Waals surface area contributed by atoms with E-state index in [1.807, 2.05) is 18.2 Å². The van der Waals surface area contributed by atoms with Gasteiger partial charge < -0.3 is 0 Å². The molecular formula is C7H4NSe. The fourth-order valence-corrected chi connectivity index (χ4v) is 2.03. The van der Waals surface area contributed by atoms with Gasteiger partial charge in [-0.15, -0.1) is 0 Å². The first-order valence-corrected chi connectivity index (χ1v) is 4.40. The first kappa shape index (κ1) is 5.21. The Kier molecular flexibility index (Phi) is 1.15. The molecule has 1 nitrogen and oxygen atoms in total. The van der Waals surface area contributed by atoms with Crippen molar-refractivity contribution in [2.75, 3.05) is 0 Å². The van der Waals surface area contributed by atoms with Gasteiger partial charge in [-0.2, -0.15) is 0 Å². The molecule has 0 unspecified atom stereocenters. The van der Waals surface area contributed by atoms with E-state index in [1.165, 1.54) is 4.26 Å². The van der Waals surface area contributed by atoms with Crippen LogP contribution in [0.4, 0.5) is 0 Å². The summed E-state index contributed by atoms with van der Waals surface area (Å²) in [5.74, 6) is 0. The van der Waals surface area contributed by atoms with E-state index in [1.54, 1.807) is 0 Å². The standard InChI is InChI=1S/C7H4NSe/c1-2-4-7-6(3-1)8-5-9-7/h1-4H. The Morgan fingerprint density at radius 1 is 1.33 bits per heavy atom. The molecular weight excluding hydrogens is 177 g/mol. The first-order chi connectivity index (χ1) is 4.47. The summed E-state index contributed by atoms with van der Waals surface area (Å²) in [5.41, 5.74) is 1.11. The summed E-state index contributed by atoms with van der Waals surface area (Å²) in [7, 11) is 0. The molecule has 0 fully saturated rings. The van der Waals surface area contributed by atoms with Crippen LogP contribution < -0.4 is 0 Å². The van der Waals surface area contributed by atoms with E-state index in [2.05, 4.69) is 16.1 Å². The number of aromatic nitrogens is 1. The topological polar surface area (TPSA) is 12.9 Å². The van der Waals surface area contributed by atoms with Gasteiger partial charge in [0.2, 0.25) is 0 Å². The van der Waals surface area contributed by atoms with Gasteiger partial charge in [-0.3, -0.25) is 0 Å². The van der Waals surface area contributed by atoms with Gasteiger partial charge in [0, 0.05) is 0 Å². The SMILES string of the molecule is [c]1nc2ccccc2[se]1. The van der Waals surface area contributed by atoms with Crippen molar-refractivity contribution in [2.24, 2.45) is 0 Å². The number of nitrogens with zero attached hydrogens (tertiary/aromatic N) is 1. The molecule has 9 heavy (non-hydrogen) atoms. The molecule has 1 heterocycles. The van der Waals surface area contributed by atoms with Crippen molar-refractivity contribution in [3.05, 3.63) is 29.3 Å². The Bertz CT molecular complexity index is 283. The van der Waals surface area contributed by atoms with E-state index in [4.69, 9.17) is 0 Å². The fourth-order valence-electron chi connectivity index (χ4n) is 0.757. The van der Waals surface area contributed by atoms with Crippen LogP contribution in [0, 0.1) is 5.07 Å². The molecule has 0 bridgehead atoms. The average molecular weight is 181 g/mol. The van der Waals surface area contributed by atoms with Gasteiger partial charge in [-0.25, -0.2) is 0 Å². The molecule has 1 aromatic carbocycles. The third-order valence-corrected chi connectivity index (χ3v) is 2.76. The zero-order valence-electron chi connectivity index (χ0n) is 4.66. The van der Waals surface area contributed by atoms with Crippen LogP contribution in [0.3, 0.4) is 0 Å². The zero-order valence-corrected chi connectivity index (χ0v) is 6.38. The van der Waals surface area contributed by atoms with Crippen molar-refractivity contribution < 1.29 is 0 Å². The van der Waals surface area contributed by atoms with Crippen LogP contribution in [-0.4, -0.2) is 19.5 Å². The second-order valence-corrected chi connectivity index (χ2v) is 3.51. The Morgan fingerprint density at radius 3 is 3.11 bits per heavy atom. The number of hydrogen-bond acceptors (Lipinski definition) is 1. The summed E-state index contributed by atoms with van der Waals surface area (Å²) in [4.78, 5) is 4.08. The third kappa shape index (κ3) is 0.805. The normalized spacial score (nSPS) is 10.2. The van der Waals surface area contributed by atoms with Crippen LogP contribution >= 0.6 is 0 Å². The molecule has 0 spiro atoms. The quantitative estimate of drug-likeness (QED) is 0.554. The van der Waals surface area contributed by atoms with Crippen molar-refractivity contribution >= 4 is 24.3 Å². The van der Waals surface area contributed by atoms with Crippen molar-refractivity contribution in [3.63, 3.8) is 0 Å². The maximum absolute atomic E-state index is 4.08. The number of rotatable bonds is 0. The summed E-state index contributed by atoms with van der Waals surface area (Å²) >= 11 is 0.386. The molecule has 1 aromatic heterocycles. The van der Waals surface area contributed by atoms with Gasteiger partial charge in [0.05, 0.1) is 0 Å². The molecule has 0 saturated carbocycles. The number of para-hydroxylation sites is 1. The van der Waals surface area contributed by atoms with Crippen LogP contribution in [0.1, 0.15) is 0 Å². The Hall–Kier alpha value is -0.591. The summed E-state index contributed by atoms with van der Waals surface area (Å²) in [6.45, 7) is 0. The van der Waals surface area contributed by atoms with E-state index in [-0.39, 0.29) is 0 Å². The van der Waals surface area contributed by atoms with Gasteiger partial charge in [-0.05, 0) is 0 Å². The number of benzene rings is 1.